The Morgan fingerprint density at radius 1 is 1.17 bits per heavy atom. The minimum Gasteiger partial charge on any atom is -0.330 e. The molecule has 0 saturated heterocycles. The fourth-order valence-electron chi connectivity index (χ4n) is 0.916. The maximum absolute atomic E-state index is 12.7. The van der Waals surface area contributed by atoms with Gasteiger partial charge in [-0.25, -0.2) is 8.78 Å². The maximum Gasteiger partial charge on any atom is 0.129 e. The highest BCUT2D eigenvalue weighted by Gasteiger charge is 2.05. The molecule has 0 amide bonds. The van der Waals surface area contributed by atoms with E-state index in [9.17, 15) is 8.78 Å². The van der Waals surface area contributed by atoms with Crippen LogP contribution in [0.2, 0.25) is 0 Å². The van der Waals surface area contributed by atoms with E-state index in [0.29, 0.717) is 0 Å². The second-order valence-corrected chi connectivity index (χ2v) is 2.24. The van der Waals surface area contributed by atoms with E-state index in [2.05, 4.69) is 0 Å². The Kier molecular flexibility index (Phi) is 5.01. The lowest BCUT2D eigenvalue weighted by Gasteiger charge is -2.00. The normalized spacial score (nSPS) is 9.25. The van der Waals surface area contributed by atoms with Gasteiger partial charge in [0.15, 0.2) is 0 Å². The number of rotatable bonds is 2. The van der Waals surface area contributed by atoms with Crippen LogP contribution in [0.5, 0.6) is 0 Å². The van der Waals surface area contributed by atoms with Crippen molar-refractivity contribution in [2.24, 2.45) is 5.73 Å². The molecule has 68 valence electrons. The van der Waals surface area contributed by atoms with Crippen molar-refractivity contribution in [3.8, 4) is 0 Å². The Balaban J connectivity index is 0.00000121. The van der Waals surface area contributed by atoms with Crippen molar-refractivity contribution in [3.05, 3.63) is 35.4 Å². The summed E-state index contributed by atoms with van der Waals surface area (Å²) < 4.78 is 25.5. The molecule has 0 aliphatic rings. The van der Waals surface area contributed by atoms with Gasteiger partial charge in [0, 0.05) is 5.56 Å². The third-order valence-electron chi connectivity index (χ3n) is 1.46. The van der Waals surface area contributed by atoms with Crippen molar-refractivity contribution in [2.75, 3.05) is 6.54 Å². The molecule has 0 bridgehead atoms. The molecule has 2 N–H and O–H groups in total. The van der Waals surface area contributed by atoms with Gasteiger partial charge in [-0.15, -0.1) is 17.0 Å². The van der Waals surface area contributed by atoms with Crippen LogP contribution in [0.3, 0.4) is 0 Å². The van der Waals surface area contributed by atoms with Crippen molar-refractivity contribution >= 4 is 17.0 Å². The topological polar surface area (TPSA) is 26.0 Å². The average Bonchev–Trinajstić information content (AvgIpc) is 1.97. The first-order valence-electron chi connectivity index (χ1n) is 3.38. The minimum atomic E-state index is -0.518. The lowest BCUT2D eigenvalue weighted by Crippen LogP contribution is -2.06. The molecule has 4 heteroatoms. The summed E-state index contributed by atoms with van der Waals surface area (Å²) in [6.45, 7) is 0.262. The predicted octanol–water partition coefficient (Wildman–Crippen LogP) is 2.04. The van der Waals surface area contributed by atoms with E-state index in [1.165, 1.54) is 18.2 Å². The summed E-state index contributed by atoms with van der Waals surface area (Å²) in [5.74, 6) is -1.04. The van der Waals surface area contributed by atoms with E-state index >= 15 is 0 Å². The molecule has 0 spiro atoms. The third-order valence-corrected chi connectivity index (χ3v) is 1.46. The number of halogens is 3. The van der Waals surface area contributed by atoms with Crippen LogP contribution >= 0.6 is 17.0 Å². The largest absolute Gasteiger partial charge is 0.330 e. The van der Waals surface area contributed by atoms with Crippen LogP contribution in [0.1, 0.15) is 5.56 Å². The van der Waals surface area contributed by atoms with E-state index in [1.54, 1.807) is 0 Å². The second-order valence-electron chi connectivity index (χ2n) is 2.24. The summed E-state index contributed by atoms with van der Waals surface area (Å²) in [6.07, 6.45) is 0.249. The zero-order valence-corrected chi connectivity index (χ0v) is 8.10. The minimum absolute atomic E-state index is 0. The molecule has 0 aliphatic heterocycles. The molecule has 12 heavy (non-hydrogen) atoms. The van der Waals surface area contributed by atoms with Crippen LogP contribution in [0, 0.1) is 11.6 Å². The molecular formula is C8H10BrF2N. The van der Waals surface area contributed by atoms with E-state index in [1.807, 2.05) is 0 Å². The molecule has 1 aromatic rings. The quantitative estimate of drug-likeness (QED) is 0.838. The van der Waals surface area contributed by atoms with Crippen LogP contribution < -0.4 is 5.73 Å². The lowest BCUT2D eigenvalue weighted by molar-refractivity contribution is 0.556. The van der Waals surface area contributed by atoms with Gasteiger partial charge in [0.1, 0.15) is 11.6 Å². The van der Waals surface area contributed by atoms with Gasteiger partial charge >= 0.3 is 0 Å². The van der Waals surface area contributed by atoms with E-state index < -0.39 is 11.6 Å². The van der Waals surface area contributed by atoms with E-state index in [4.69, 9.17) is 5.73 Å². The molecule has 1 rings (SSSR count). The Bertz CT molecular complexity index is 233. The molecular weight excluding hydrogens is 228 g/mol. The average molecular weight is 238 g/mol. The molecule has 0 atom stereocenters. The molecule has 0 fully saturated rings. The van der Waals surface area contributed by atoms with Crippen molar-refractivity contribution < 1.29 is 8.78 Å². The molecule has 0 heterocycles. The van der Waals surface area contributed by atoms with Gasteiger partial charge in [0.25, 0.3) is 0 Å². The van der Waals surface area contributed by atoms with Gasteiger partial charge in [0.05, 0.1) is 0 Å². The Labute approximate surface area is 80.3 Å². The number of nitrogens with two attached hydrogens (primary N) is 1. The van der Waals surface area contributed by atoms with Crippen LogP contribution in [-0.2, 0) is 6.42 Å². The Morgan fingerprint density at radius 3 is 2.08 bits per heavy atom. The monoisotopic (exact) mass is 237 g/mol. The highest BCUT2D eigenvalue weighted by atomic mass is 79.9. The highest BCUT2D eigenvalue weighted by molar-refractivity contribution is 8.93. The SMILES string of the molecule is Br.NCCc1c(F)cccc1F. The first kappa shape index (κ1) is 11.5. The zero-order valence-electron chi connectivity index (χ0n) is 6.39. The molecule has 0 aliphatic carbocycles. The van der Waals surface area contributed by atoms with Crippen LogP contribution in [0.15, 0.2) is 18.2 Å². The van der Waals surface area contributed by atoms with Crippen molar-refractivity contribution in [1.29, 1.82) is 0 Å². The summed E-state index contributed by atoms with van der Waals surface area (Å²) in [5, 5.41) is 0. The number of hydrogen-bond acceptors (Lipinski definition) is 1. The molecule has 0 aromatic heterocycles. The maximum atomic E-state index is 12.7. The van der Waals surface area contributed by atoms with Gasteiger partial charge in [0.2, 0.25) is 0 Å². The van der Waals surface area contributed by atoms with Crippen LogP contribution in [0.25, 0.3) is 0 Å². The summed E-state index contributed by atoms with van der Waals surface area (Å²) >= 11 is 0. The van der Waals surface area contributed by atoms with Crippen LogP contribution in [-0.4, -0.2) is 6.54 Å². The van der Waals surface area contributed by atoms with Gasteiger partial charge < -0.3 is 5.73 Å². The fourth-order valence-corrected chi connectivity index (χ4v) is 0.916. The van der Waals surface area contributed by atoms with E-state index in [-0.39, 0.29) is 35.5 Å². The summed E-state index contributed by atoms with van der Waals surface area (Å²) in [7, 11) is 0. The first-order valence-corrected chi connectivity index (χ1v) is 3.38. The van der Waals surface area contributed by atoms with Crippen LogP contribution in [0.4, 0.5) is 8.78 Å². The third kappa shape index (κ3) is 2.53. The van der Waals surface area contributed by atoms with E-state index in [0.717, 1.165) is 0 Å². The lowest BCUT2D eigenvalue weighted by atomic mass is 10.1. The van der Waals surface area contributed by atoms with Crippen molar-refractivity contribution in [2.45, 2.75) is 6.42 Å². The molecule has 1 aromatic carbocycles. The van der Waals surface area contributed by atoms with Crippen molar-refractivity contribution in [1.82, 2.24) is 0 Å². The summed E-state index contributed by atoms with van der Waals surface area (Å²) in [4.78, 5) is 0. The summed E-state index contributed by atoms with van der Waals surface area (Å²) in [5.41, 5.74) is 5.24. The fraction of sp³-hybridized carbons (Fsp3) is 0.250. The Morgan fingerprint density at radius 2 is 1.67 bits per heavy atom. The number of benzene rings is 1. The van der Waals surface area contributed by atoms with Gasteiger partial charge in [-0.3, -0.25) is 0 Å². The number of hydrogen-bond donors (Lipinski definition) is 1. The molecule has 0 radical (unpaired) electrons. The standard InChI is InChI=1S/C8H9F2N.BrH/c9-7-2-1-3-8(10)6(7)4-5-11;/h1-3H,4-5,11H2;1H. The molecule has 0 unspecified atom stereocenters. The smallest absolute Gasteiger partial charge is 0.129 e. The first-order chi connectivity index (χ1) is 5.25. The van der Waals surface area contributed by atoms with Gasteiger partial charge in [-0.2, -0.15) is 0 Å². The van der Waals surface area contributed by atoms with Crippen molar-refractivity contribution in [3.63, 3.8) is 0 Å². The predicted molar refractivity (Wildman–Crippen MR) is 49.4 cm³/mol. The zero-order chi connectivity index (χ0) is 8.27. The summed E-state index contributed by atoms with van der Waals surface area (Å²) in [6, 6.07) is 3.80. The highest BCUT2D eigenvalue weighted by Crippen LogP contribution is 2.11. The Hall–Kier alpha value is -0.480. The molecule has 1 nitrogen and oxygen atoms in total. The van der Waals surface area contributed by atoms with Gasteiger partial charge in [-0.05, 0) is 25.1 Å². The van der Waals surface area contributed by atoms with Gasteiger partial charge in [-0.1, -0.05) is 6.07 Å². The second kappa shape index (κ2) is 5.22. The molecule has 0 saturated carbocycles.